The summed E-state index contributed by atoms with van der Waals surface area (Å²) in [5, 5.41) is 3.69. The molecule has 0 radical (unpaired) electrons. The third-order valence-electron chi connectivity index (χ3n) is 7.48. The molecule has 1 saturated heterocycles. The molecule has 43 heavy (non-hydrogen) atoms. The average molecular weight is 578 g/mol. The lowest BCUT2D eigenvalue weighted by molar-refractivity contribution is 0.229. The predicted octanol–water partition coefficient (Wildman–Crippen LogP) is 3.05. The van der Waals surface area contributed by atoms with Gasteiger partial charge < -0.3 is 15.1 Å². The molecular weight excluding hydrogens is 542 g/mol. The number of aromatic nitrogens is 7. The first kappa shape index (κ1) is 28.2. The molecule has 1 aromatic carbocycles. The van der Waals surface area contributed by atoms with Gasteiger partial charge in [0.2, 0.25) is 5.95 Å². The van der Waals surface area contributed by atoms with Crippen LogP contribution < -0.4 is 15.8 Å². The van der Waals surface area contributed by atoms with Crippen molar-refractivity contribution in [1.29, 1.82) is 0 Å². The van der Waals surface area contributed by atoms with E-state index in [1.165, 1.54) is 5.69 Å². The average Bonchev–Trinajstić information content (AvgIpc) is 3.31. The number of fused-ring (bicyclic) bond motifs is 1. The van der Waals surface area contributed by atoms with Crippen LogP contribution in [0.25, 0.3) is 28.2 Å². The summed E-state index contributed by atoms with van der Waals surface area (Å²) in [5.41, 5.74) is 3.53. The summed E-state index contributed by atoms with van der Waals surface area (Å²) in [6, 6.07) is 13.8. The van der Waals surface area contributed by atoms with Gasteiger partial charge >= 0.3 is 0 Å². The van der Waals surface area contributed by atoms with Gasteiger partial charge in [-0.05, 0) is 50.5 Å². The molecular formula is C31H35N11O. The Bertz CT molecular complexity index is 1750. The van der Waals surface area contributed by atoms with Crippen LogP contribution in [0.4, 0.5) is 17.3 Å². The van der Waals surface area contributed by atoms with Crippen molar-refractivity contribution in [2.75, 3.05) is 63.6 Å². The Morgan fingerprint density at radius 3 is 2.49 bits per heavy atom. The molecule has 1 N–H and O–H groups in total. The van der Waals surface area contributed by atoms with Crippen LogP contribution in [0.15, 0.2) is 84.7 Å². The number of nitrogens with one attached hydrogen (secondary N) is 1. The summed E-state index contributed by atoms with van der Waals surface area (Å²) >= 11 is 0. The summed E-state index contributed by atoms with van der Waals surface area (Å²) in [6.07, 6.45) is 8.11. The van der Waals surface area contributed by atoms with Crippen LogP contribution in [-0.2, 0) is 6.54 Å². The Morgan fingerprint density at radius 2 is 1.77 bits per heavy atom. The van der Waals surface area contributed by atoms with E-state index in [-0.39, 0.29) is 12.1 Å². The van der Waals surface area contributed by atoms with Gasteiger partial charge in [-0.25, -0.2) is 19.3 Å². The maximum Gasteiger partial charge on any atom is 0.278 e. The minimum Gasteiger partial charge on any atom is -0.369 e. The highest BCUT2D eigenvalue weighted by molar-refractivity contribution is 5.77. The molecule has 6 rings (SSSR count). The summed E-state index contributed by atoms with van der Waals surface area (Å²) in [6.45, 7) is 10.4. The van der Waals surface area contributed by atoms with Crippen molar-refractivity contribution >= 4 is 28.4 Å². The number of pyridine rings is 1. The number of hydrogen-bond acceptors (Lipinski definition) is 10. The van der Waals surface area contributed by atoms with Crippen LogP contribution >= 0.6 is 0 Å². The lowest BCUT2D eigenvalue weighted by atomic mass is 10.2. The Labute approximate surface area is 250 Å². The second kappa shape index (κ2) is 12.5. The molecule has 1 aliphatic heterocycles. The van der Waals surface area contributed by atoms with E-state index < -0.39 is 0 Å². The van der Waals surface area contributed by atoms with Gasteiger partial charge in [-0.1, -0.05) is 12.1 Å². The van der Waals surface area contributed by atoms with Gasteiger partial charge in [0.05, 0.1) is 18.4 Å². The van der Waals surface area contributed by atoms with Crippen molar-refractivity contribution in [2.24, 2.45) is 0 Å². The van der Waals surface area contributed by atoms with E-state index in [1.54, 1.807) is 40.2 Å². The summed E-state index contributed by atoms with van der Waals surface area (Å²) < 4.78 is 3.25. The summed E-state index contributed by atoms with van der Waals surface area (Å²) in [7, 11) is 4.23. The molecule has 4 aromatic heterocycles. The maximum absolute atomic E-state index is 13.3. The van der Waals surface area contributed by atoms with Gasteiger partial charge in [-0.3, -0.25) is 19.7 Å². The fourth-order valence-corrected chi connectivity index (χ4v) is 5.18. The molecule has 1 fully saturated rings. The van der Waals surface area contributed by atoms with Gasteiger partial charge in [0.25, 0.3) is 5.56 Å². The molecule has 1 aliphatic rings. The molecule has 5 heterocycles. The highest BCUT2D eigenvalue weighted by Crippen LogP contribution is 2.23. The van der Waals surface area contributed by atoms with E-state index in [0.29, 0.717) is 34.2 Å². The van der Waals surface area contributed by atoms with E-state index in [4.69, 9.17) is 9.97 Å². The number of piperazine rings is 1. The molecule has 0 spiro atoms. The Hall–Kier alpha value is -4.94. The Morgan fingerprint density at radius 1 is 0.953 bits per heavy atom. The second-order valence-electron chi connectivity index (χ2n) is 10.7. The summed E-state index contributed by atoms with van der Waals surface area (Å²) in [5.74, 6) is 0.900. The van der Waals surface area contributed by atoms with Gasteiger partial charge in [0.1, 0.15) is 11.1 Å². The third-order valence-corrected chi connectivity index (χ3v) is 7.48. The van der Waals surface area contributed by atoms with Gasteiger partial charge in [-0.15, -0.1) is 6.58 Å². The number of allylic oxidation sites excluding steroid dienone is 1. The summed E-state index contributed by atoms with van der Waals surface area (Å²) in [4.78, 5) is 43.0. The SMILES string of the molecule is C=CCn1c(=O)c2cnc(Nc3ccc(N4CCN(CCN(C)C)CC4)cc3)nc2n1-c1cccc(-c2cnccn2)n1. The maximum atomic E-state index is 13.3. The smallest absolute Gasteiger partial charge is 0.278 e. The van der Waals surface area contributed by atoms with E-state index >= 15 is 0 Å². The quantitative estimate of drug-likeness (QED) is 0.249. The zero-order valence-corrected chi connectivity index (χ0v) is 24.5. The largest absolute Gasteiger partial charge is 0.369 e. The molecule has 220 valence electrons. The molecule has 0 unspecified atom stereocenters. The number of likely N-dealkylation sites (N-methyl/N-ethyl adjacent to an activating group) is 1. The fraction of sp³-hybridized carbons (Fsp3) is 0.290. The van der Waals surface area contributed by atoms with Crippen LogP contribution in [0, 0.1) is 0 Å². The van der Waals surface area contributed by atoms with Crippen molar-refractivity contribution in [1.82, 2.24) is 44.1 Å². The van der Waals surface area contributed by atoms with E-state index in [0.717, 1.165) is 45.0 Å². The van der Waals surface area contributed by atoms with Gasteiger partial charge in [0, 0.05) is 69.2 Å². The molecule has 0 amide bonds. The van der Waals surface area contributed by atoms with E-state index in [1.807, 2.05) is 30.3 Å². The number of anilines is 3. The van der Waals surface area contributed by atoms with Crippen molar-refractivity contribution in [3.05, 3.63) is 90.3 Å². The van der Waals surface area contributed by atoms with Crippen molar-refractivity contribution in [3.8, 4) is 17.2 Å². The highest BCUT2D eigenvalue weighted by Gasteiger charge is 2.19. The van der Waals surface area contributed by atoms with Crippen molar-refractivity contribution in [3.63, 3.8) is 0 Å². The molecule has 0 saturated carbocycles. The predicted molar refractivity (Wildman–Crippen MR) is 169 cm³/mol. The topological polar surface area (TPSA) is 113 Å². The normalized spacial score (nSPS) is 14.0. The minimum atomic E-state index is -0.223. The Kier molecular flexibility index (Phi) is 8.20. The first-order valence-corrected chi connectivity index (χ1v) is 14.3. The zero-order valence-electron chi connectivity index (χ0n) is 24.5. The van der Waals surface area contributed by atoms with Crippen LogP contribution in [-0.4, -0.2) is 97.4 Å². The Balaban J connectivity index is 1.25. The van der Waals surface area contributed by atoms with Crippen LogP contribution in [0.5, 0.6) is 0 Å². The lowest BCUT2D eigenvalue weighted by Gasteiger charge is -2.36. The van der Waals surface area contributed by atoms with Crippen molar-refractivity contribution < 1.29 is 0 Å². The molecule has 0 aliphatic carbocycles. The van der Waals surface area contributed by atoms with Crippen LogP contribution in [0.1, 0.15) is 0 Å². The molecule has 0 bridgehead atoms. The number of rotatable bonds is 10. The minimum absolute atomic E-state index is 0.223. The zero-order chi connectivity index (χ0) is 29.8. The highest BCUT2D eigenvalue weighted by atomic mass is 16.1. The van der Waals surface area contributed by atoms with Gasteiger partial charge in [-0.2, -0.15) is 4.98 Å². The molecule has 12 heteroatoms. The standard InChI is InChI=1S/C31H35N11O/c1-4-14-41-30(43)25-21-34-31(37-29(25)42(41)28-7-5-6-26(36-28)27-22-32-12-13-33-27)35-23-8-10-24(11-9-23)40-19-17-39(18-20-40)16-15-38(2)3/h4-13,21-22H,1,14-20H2,2-3H3,(H,34,35,37). The molecule has 12 nitrogen and oxygen atoms in total. The third kappa shape index (κ3) is 6.15. The van der Waals surface area contributed by atoms with Crippen LogP contribution in [0.3, 0.4) is 0 Å². The first-order valence-electron chi connectivity index (χ1n) is 14.3. The lowest BCUT2D eigenvalue weighted by Crippen LogP contribution is -2.48. The van der Waals surface area contributed by atoms with E-state index in [9.17, 15) is 4.79 Å². The first-order chi connectivity index (χ1) is 21.0. The number of hydrogen-bond donors (Lipinski definition) is 1. The second-order valence-corrected chi connectivity index (χ2v) is 10.7. The monoisotopic (exact) mass is 577 g/mol. The molecule has 5 aromatic rings. The number of benzene rings is 1. The van der Waals surface area contributed by atoms with Crippen molar-refractivity contribution in [2.45, 2.75) is 6.54 Å². The molecule has 0 atom stereocenters. The number of nitrogens with zero attached hydrogens (tertiary/aromatic N) is 10. The van der Waals surface area contributed by atoms with E-state index in [2.05, 4.69) is 67.8 Å². The van der Waals surface area contributed by atoms with Crippen LogP contribution in [0.2, 0.25) is 0 Å². The fourth-order valence-electron chi connectivity index (χ4n) is 5.18. The van der Waals surface area contributed by atoms with Gasteiger partial charge in [0.15, 0.2) is 11.5 Å².